The Balaban J connectivity index is 1.73. The number of para-hydroxylation sites is 1. The Morgan fingerprint density at radius 2 is 1.52 bits per heavy atom. The molecule has 1 aromatic carbocycles. The molecule has 0 fully saturated rings. The second-order valence-electron chi connectivity index (χ2n) is 7.58. The Hall–Kier alpha value is -3.28. The maximum absolute atomic E-state index is 12.8. The summed E-state index contributed by atoms with van der Waals surface area (Å²) in [5, 5.41) is 6.23. The topological polar surface area (TPSA) is 79.8 Å². The van der Waals surface area contributed by atoms with Crippen molar-refractivity contribution < 1.29 is 4.79 Å². The lowest BCUT2D eigenvalue weighted by molar-refractivity contribution is 0.102. The number of carbonyl (C=O) groups is 1. The Labute approximate surface area is 171 Å². The standard InChI is InChI=1S/C23H27N5O/c1-15(2)19-6-5-7-20(16(3)4)21(19)28-22(29)18-13-26-23(27-14-18)25-12-17-8-10-24-11-9-17/h5-11,13-16H,12H2,1-4H3,(H,28,29)(H,25,26,27). The third-order valence-corrected chi connectivity index (χ3v) is 4.73. The van der Waals surface area contributed by atoms with Gasteiger partial charge in [0.25, 0.3) is 5.91 Å². The molecule has 3 aromatic rings. The lowest BCUT2D eigenvalue weighted by Crippen LogP contribution is -2.17. The average Bonchev–Trinajstić information content (AvgIpc) is 2.73. The number of hydrogen-bond donors (Lipinski definition) is 2. The van der Waals surface area contributed by atoms with E-state index < -0.39 is 0 Å². The van der Waals surface area contributed by atoms with Gasteiger partial charge < -0.3 is 10.6 Å². The van der Waals surface area contributed by atoms with E-state index >= 15 is 0 Å². The van der Waals surface area contributed by atoms with E-state index in [0.717, 1.165) is 22.4 Å². The van der Waals surface area contributed by atoms with Crippen molar-refractivity contribution in [2.45, 2.75) is 46.1 Å². The van der Waals surface area contributed by atoms with Gasteiger partial charge in [-0.2, -0.15) is 0 Å². The van der Waals surface area contributed by atoms with Crippen LogP contribution in [-0.2, 0) is 6.54 Å². The van der Waals surface area contributed by atoms with E-state index in [1.54, 1.807) is 24.8 Å². The lowest BCUT2D eigenvalue weighted by Gasteiger charge is -2.20. The normalized spacial score (nSPS) is 11.0. The maximum Gasteiger partial charge on any atom is 0.258 e. The highest BCUT2D eigenvalue weighted by atomic mass is 16.1. The summed E-state index contributed by atoms with van der Waals surface area (Å²) in [4.78, 5) is 25.4. The van der Waals surface area contributed by atoms with Crippen LogP contribution < -0.4 is 10.6 Å². The van der Waals surface area contributed by atoms with Crippen LogP contribution in [0, 0.1) is 0 Å². The minimum Gasteiger partial charge on any atom is -0.350 e. The summed E-state index contributed by atoms with van der Waals surface area (Å²) in [6.07, 6.45) is 6.58. The Kier molecular flexibility index (Phi) is 6.54. The maximum atomic E-state index is 12.8. The number of benzene rings is 1. The Morgan fingerprint density at radius 3 is 2.07 bits per heavy atom. The van der Waals surface area contributed by atoms with Crippen LogP contribution in [0.25, 0.3) is 0 Å². The van der Waals surface area contributed by atoms with Crippen molar-refractivity contribution in [2.24, 2.45) is 0 Å². The number of anilines is 2. The monoisotopic (exact) mass is 389 g/mol. The smallest absolute Gasteiger partial charge is 0.258 e. The molecule has 6 nitrogen and oxygen atoms in total. The molecular formula is C23H27N5O. The highest BCUT2D eigenvalue weighted by molar-refractivity contribution is 6.04. The molecule has 0 unspecified atom stereocenters. The van der Waals surface area contributed by atoms with Crippen LogP contribution in [0.1, 0.15) is 66.6 Å². The van der Waals surface area contributed by atoms with Crippen molar-refractivity contribution in [1.29, 1.82) is 0 Å². The van der Waals surface area contributed by atoms with Gasteiger partial charge in [0.15, 0.2) is 0 Å². The van der Waals surface area contributed by atoms with E-state index in [9.17, 15) is 4.79 Å². The first kappa shape index (κ1) is 20.5. The van der Waals surface area contributed by atoms with E-state index in [-0.39, 0.29) is 5.91 Å². The van der Waals surface area contributed by atoms with Gasteiger partial charge in [-0.15, -0.1) is 0 Å². The molecular weight excluding hydrogens is 362 g/mol. The second kappa shape index (κ2) is 9.28. The zero-order valence-corrected chi connectivity index (χ0v) is 17.3. The molecule has 0 aliphatic rings. The van der Waals surface area contributed by atoms with Crippen molar-refractivity contribution in [3.63, 3.8) is 0 Å². The second-order valence-corrected chi connectivity index (χ2v) is 7.58. The molecule has 2 heterocycles. The number of aromatic nitrogens is 3. The molecule has 0 aliphatic carbocycles. The molecule has 0 radical (unpaired) electrons. The predicted molar refractivity (Wildman–Crippen MR) is 116 cm³/mol. The first-order valence-corrected chi connectivity index (χ1v) is 9.84. The molecule has 0 saturated heterocycles. The minimum atomic E-state index is -0.208. The van der Waals surface area contributed by atoms with Crippen molar-refractivity contribution in [3.8, 4) is 0 Å². The summed E-state index contributed by atoms with van der Waals surface area (Å²) < 4.78 is 0. The van der Waals surface area contributed by atoms with Gasteiger partial charge in [-0.3, -0.25) is 9.78 Å². The lowest BCUT2D eigenvalue weighted by atomic mass is 9.92. The molecule has 29 heavy (non-hydrogen) atoms. The molecule has 0 saturated carbocycles. The SMILES string of the molecule is CC(C)c1cccc(C(C)C)c1NC(=O)c1cnc(NCc2ccncc2)nc1. The summed E-state index contributed by atoms with van der Waals surface area (Å²) in [7, 11) is 0. The number of nitrogens with zero attached hydrogens (tertiary/aromatic N) is 3. The predicted octanol–water partition coefficient (Wildman–Crippen LogP) is 4.98. The largest absolute Gasteiger partial charge is 0.350 e. The van der Waals surface area contributed by atoms with Gasteiger partial charge in [0.05, 0.1) is 5.56 Å². The number of rotatable bonds is 7. The van der Waals surface area contributed by atoms with Crippen molar-refractivity contribution in [1.82, 2.24) is 15.0 Å². The number of carbonyl (C=O) groups excluding carboxylic acids is 1. The third kappa shape index (κ3) is 5.16. The molecule has 3 rings (SSSR count). The number of pyridine rings is 1. The summed E-state index contributed by atoms with van der Waals surface area (Å²) >= 11 is 0. The minimum absolute atomic E-state index is 0.208. The van der Waals surface area contributed by atoms with Crippen LogP contribution in [0.4, 0.5) is 11.6 Å². The van der Waals surface area contributed by atoms with E-state index in [1.807, 2.05) is 18.2 Å². The molecule has 0 aliphatic heterocycles. The molecule has 150 valence electrons. The highest BCUT2D eigenvalue weighted by Crippen LogP contribution is 2.32. The van der Waals surface area contributed by atoms with Gasteiger partial charge in [-0.25, -0.2) is 9.97 Å². The molecule has 2 aromatic heterocycles. The van der Waals surface area contributed by atoms with Gasteiger partial charge in [0.1, 0.15) is 0 Å². The van der Waals surface area contributed by atoms with Crippen LogP contribution >= 0.6 is 0 Å². The quantitative estimate of drug-likeness (QED) is 0.595. The number of nitrogens with one attached hydrogen (secondary N) is 2. The zero-order valence-electron chi connectivity index (χ0n) is 17.3. The van der Waals surface area contributed by atoms with Crippen LogP contribution in [0.2, 0.25) is 0 Å². The fourth-order valence-electron chi connectivity index (χ4n) is 3.10. The summed E-state index contributed by atoms with van der Waals surface area (Å²) in [6.45, 7) is 9.10. The van der Waals surface area contributed by atoms with Gasteiger partial charge >= 0.3 is 0 Å². The number of hydrogen-bond acceptors (Lipinski definition) is 5. The molecule has 0 bridgehead atoms. The van der Waals surface area contributed by atoms with Gasteiger partial charge in [-0.05, 0) is 40.7 Å². The Bertz CT molecular complexity index is 927. The molecule has 0 atom stereocenters. The van der Waals surface area contributed by atoms with Gasteiger partial charge in [-0.1, -0.05) is 45.9 Å². The fraction of sp³-hybridized carbons (Fsp3) is 0.304. The first-order valence-electron chi connectivity index (χ1n) is 9.84. The average molecular weight is 390 g/mol. The van der Waals surface area contributed by atoms with Crippen LogP contribution in [-0.4, -0.2) is 20.9 Å². The van der Waals surface area contributed by atoms with E-state index in [1.165, 1.54) is 0 Å². The molecule has 1 amide bonds. The van der Waals surface area contributed by atoms with Crippen molar-refractivity contribution >= 4 is 17.5 Å². The summed E-state index contributed by atoms with van der Waals surface area (Å²) in [6, 6.07) is 10.0. The highest BCUT2D eigenvalue weighted by Gasteiger charge is 2.17. The van der Waals surface area contributed by atoms with E-state index in [2.05, 4.69) is 65.4 Å². The Morgan fingerprint density at radius 1 is 0.931 bits per heavy atom. The van der Waals surface area contributed by atoms with E-state index in [0.29, 0.717) is 29.9 Å². The van der Waals surface area contributed by atoms with Gasteiger partial charge in [0.2, 0.25) is 5.95 Å². The molecule has 2 N–H and O–H groups in total. The van der Waals surface area contributed by atoms with Crippen LogP contribution in [0.15, 0.2) is 55.1 Å². The third-order valence-electron chi connectivity index (χ3n) is 4.73. The summed E-state index contributed by atoms with van der Waals surface area (Å²) in [5.74, 6) is 0.879. The van der Waals surface area contributed by atoms with Crippen LogP contribution in [0.5, 0.6) is 0 Å². The van der Waals surface area contributed by atoms with Crippen molar-refractivity contribution in [3.05, 3.63) is 77.4 Å². The molecule has 6 heteroatoms. The number of amides is 1. The molecule has 0 spiro atoms. The van der Waals surface area contributed by atoms with E-state index in [4.69, 9.17) is 0 Å². The zero-order chi connectivity index (χ0) is 20.8. The van der Waals surface area contributed by atoms with Crippen LogP contribution in [0.3, 0.4) is 0 Å². The summed E-state index contributed by atoms with van der Waals surface area (Å²) in [5.41, 5.74) is 4.65. The fourth-order valence-corrected chi connectivity index (χ4v) is 3.10. The first-order chi connectivity index (χ1) is 14.0. The van der Waals surface area contributed by atoms with Gasteiger partial charge in [0, 0.05) is 37.0 Å². The van der Waals surface area contributed by atoms with Crippen molar-refractivity contribution in [2.75, 3.05) is 10.6 Å².